The maximum atomic E-state index is 11.9. The average Bonchev–Trinajstić information content (AvgIpc) is 2.32. The molecule has 17 heavy (non-hydrogen) atoms. The molecule has 0 aliphatic carbocycles. The summed E-state index contributed by atoms with van der Waals surface area (Å²) in [6.07, 6.45) is 3.21. The summed E-state index contributed by atoms with van der Waals surface area (Å²) in [5, 5.41) is 2.67. The summed E-state index contributed by atoms with van der Waals surface area (Å²) in [5.74, 6) is -0.109. The van der Waals surface area contributed by atoms with Gasteiger partial charge in [-0.15, -0.1) is 6.58 Å². The van der Waals surface area contributed by atoms with E-state index in [2.05, 4.69) is 11.9 Å². The molecule has 1 fully saturated rings. The average molecular weight is 240 g/mol. The third-order valence-corrected chi connectivity index (χ3v) is 2.66. The molecule has 1 atom stereocenters. The molecular weight excluding hydrogens is 220 g/mol. The van der Waals surface area contributed by atoms with Gasteiger partial charge in [-0.2, -0.15) is 0 Å². The number of carbonyl (C=O) groups excluding carboxylic acids is 2. The number of rotatable bonds is 7. The van der Waals surface area contributed by atoms with Crippen LogP contribution in [0.25, 0.3) is 0 Å². The summed E-state index contributed by atoms with van der Waals surface area (Å²) < 4.78 is 5.33. The monoisotopic (exact) mass is 240 g/mol. The second kappa shape index (κ2) is 7.06. The van der Waals surface area contributed by atoms with Crippen LogP contribution in [0.5, 0.6) is 0 Å². The van der Waals surface area contributed by atoms with Crippen molar-refractivity contribution in [2.24, 2.45) is 0 Å². The van der Waals surface area contributed by atoms with Gasteiger partial charge in [-0.05, 0) is 12.8 Å². The van der Waals surface area contributed by atoms with Crippen molar-refractivity contribution in [2.75, 3.05) is 26.3 Å². The highest BCUT2D eigenvalue weighted by atomic mass is 16.5. The topological polar surface area (TPSA) is 58.6 Å². The summed E-state index contributed by atoms with van der Waals surface area (Å²) in [7, 11) is 0. The van der Waals surface area contributed by atoms with E-state index >= 15 is 0 Å². The van der Waals surface area contributed by atoms with Crippen molar-refractivity contribution in [3.05, 3.63) is 12.7 Å². The first-order valence-electron chi connectivity index (χ1n) is 5.95. The van der Waals surface area contributed by atoms with Crippen LogP contribution in [-0.2, 0) is 14.3 Å². The Labute approximate surface area is 102 Å². The molecule has 1 unspecified atom stereocenters. The van der Waals surface area contributed by atoms with Crippen molar-refractivity contribution in [1.29, 1.82) is 0 Å². The highest BCUT2D eigenvalue weighted by molar-refractivity contribution is 5.94. The van der Waals surface area contributed by atoms with Crippen molar-refractivity contribution in [2.45, 2.75) is 25.8 Å². The summed E-state index contributed by atoms with van der Waals surface area (Å²) in [5.41, 5.74) is 0. The Kier molecular flexibility index (Phi) is 5.69. The van der Waals surface area contributed by atoms with Crippen LogP contribution in [0.4, 0.5) is 0 Å². The van der Waals surface area contributed by atoms with Crippen molar-refractivity contribution in [3.8, 4) is 0 Å². The van der Waals surface area contributed by atoms with Gasteiger partial charge in [-0.25, -0.2) is 0 Å². The molecule has 2 amide bonds. The van der Waals surface area contributed by atoms with Gasteiger partial charge in [0.1, 0.15) is 6.04 Å². The van der Waals surface area contributed by atoms with Crippen molar-refractivity contribution in [1.82, 2.24) is 10.2 Å². The number of hydrogen-bond acceptors (Lipinski definition) is 3. The van der Waals surface area contributed by atoms with Crippen LogP contribution in [0.15, 0.2) is 12.7 Å². The van der Waals surface area contributed by atoms with Gasteiger partial charge in [0, 0.05) is 6.54 Å². The minimum Gasteiger partial charge on any atom is -0.379 e. The Hall–Kier alpha value is -1.36. The second-order valence-corrected chi connectivity index (χ2v) is 3.98. The van der Waals surface area contributed by atoms with Gasteiger partial charge in [0.2, 0.25) is 11.8 Å². The molecule has 1 saturated heterocycles. The lowest BCUT2D eigenvalue weighted by Crippen LogP contribution is -2.58. The van der Waals surface area contributed by atoms with E-state index < -0.39 is 0 Å². The smallest absolute Gasteiger partial charge is 0.245 e. The van der Waals surface area contributed by atoms with Gasteiger partial charge in [-0.3, -0.25) is 9.59 Å². The minimum atomic E-state index is -0.371. The van der Waals surface area contributed by atoms with Gasteiger partial charge in [0.25, 0.3) is 0 Å². The molecule has 0 saturated carbocycles. The lowest BCUT2D eigenvalue weighted by Gasteiger charge is -2.31. The van der Waals surface area contributed by atoms with Crippen molar-refractivity contribution in [3.63, 3.8) is 0 Å². The van der Waals surface area contributed by atoms with Gasteiger partial charge in [0.05, 0.1) is 19.8 Å². The number of nitrogens with one attached hydrogen (secondary N) is 1. The molecule has 96 valence electrons. The van der Waals surface area contributed by atoms with Crippen LogP contribution >= 0.6 is 0 Å². The van der Waals surface area contributed by atoms with Crippen LogP contribution in [0.3, 0.4) is 0 Å². The largest absolute Gasteiger partial charge is 0.379 e. The number of ether oxygens (including phenoxy) is 1. The minimum absolute atomic E-state index is 0.0144. The third kappa shape index (κ3) is 4.19. The first-order chi connectivity index (χ1) is 8.19. The van der Waals surface area contributed by atoms with Crippen LogP contribution in [-0.4, -0.2) is 49.1 Å². The number of nitrogens with zero attached hydrogens (tertiary/aromatic N) is 1. The molecule has 1 heterocycles. The van der Waals surface area contributed by atoms with E-state index in [-0.39, 0.29) is 24.4 Å². The van der Waals surface area contributed by atoms with Crippen molar-refractivity contribution < 1.29 is 14.3 Å². The van der Waals surface area contributed by atoms with Crippen LogP contribution in [0, 0.1) is 0 Å². The highest BCUT2D eigenvalue weighted by Crippen LogP contribution is 2.05. The molecule has 0 spiro atoms. The molecule has 0 radical (unpaired) electrons. The van der Waals surface area contributed by atoms with E-state index in [9.17, 15) is 9.59 Å². The molecule has 1 rings (SSSR count). The molecule has 0 bridgehead atoms. The first kappa shape index (κ1) is 13.7. The zero-order valence-corrected chi connectivity index (χ0v) is 10.3. The Morgan fingerprint density at radius 1 is 1.53 bits per heavy atom. The van der Waals surface area contributed by atoms with Crippen LogP contribution in [0.1, 0.15) is 19.8 Å². The molecule has 1 N–H and O–H groups in total. The summed E-state index contributed by atoms with van der Waals surface area (Å²) in [4.78, 5) is 24.8. The fourth-order valence-electron chi connectivity index (χ4n) is 1.68. The molecule has 0 aromatic carbocycles. The fourth-order valence-corrected chi connectivity index (χ4v) is 1.68. The summed E-state index contributed by atoms with van der Waals surface area (Å²) in [6.45, 7) is 7.15. The zero-order valence-electron chi connectivity index (χ0n) is 10.3. The van der Waals surface area contributed by atoms with E-state index in [1.165, 1.54) is 0 Å². The Balaban J connectivity index is 2.33. The van der Waals surface area contributed by atoms with E-state index in [1.807, 2.05) is 6.92 Å². The van der Waals surface area contributed by atoms with Gasteiger partial charge in [-0.1, -0.05) is 13.0 Å². The molecule has 5 heteroatoms. The van der Waals surface area contributed by atoms with E-state index in [4.69, 9.17) is 4.74 Å². The quantitative estimate of drug-likeness (QED) is 0.515. The Morgan fingerprint density at radius 3 is 2.94 bits per heavy atom. The maximum absolute atomic E-state index is 11.9. The molecule has 1 aliphatic heterocycles. The zero-order chi connectivity index (χ0) is 12.7. The normalized spacial score (nSPS) is 20.3. The first-order valence-corrected chi connectivity index (χ1v) is 5.95. The molecule has 5 nitrogen and oxygen atoms in total. The molecule has 1 aliphatic rings. The third-order valence-electron chi connectivity index (χ3n) is 2.66. The highest BCUT2D eigenvalue weighted by Gasteiger charge is 2.30. The van der Waals surface area contributed by atoms with E-state index in [1.54, 1.807) is 11.0 Å². The summed E-state index contributed by atoms with van der Waals surface area (Å²) >= 11 is 0. The van der Waals surface area contributed by atoms with Gasteiger partial charge >= 0.3 is 0 Å². The lowest BCUT2D eigenvalue weighted by molar-refractivity contribution is -0.145. The fraction of sp³-hybridized carbons (Fsp3) is 0.667. The van der Waals surface area contributed by atoms with Crippen LogP contribution in [0.2, 0.25) is 0 Å². The molecule has 0 aromatic heterocycles. The number of piperazine rings is 1. The Morgan fingerprint density at radius 2 is 2.29 bits per heavy atom. The summed E-state index contributed by atoms with van der Waals surface area (Å²) in [6, 6.07) is -0.371. The van der Waals surface area contributed by atoms with Gasteiger partial charge in [0.15, 0.2) is 0 Å². The van der Waals surface area contributed by atoms with E-state index in [0.717, 1.165) is 6.42 Å². The number of carbonyl (C=O) groups is 2. The Bertz CT molecular complexity index is 291. The molecule has 0 aromatic rings. The van der Waals surface area contributed by atoms with Crippen LogP contribution < -0.4 is 5.32 Å². The van der Waals surface area contributed by atoms with E-state index in [0.29, 0.717) is 26.2 Å². The van der Waals surface area contributed by atoms with Crippen molar-refractivity contribution >= 4 is 11.8 Å². The standard InChI is InChI=1S/C12H20N2O3/c1-3-5-7-17-8-6-14-9-11(15)13-10(4-2)12(14)16/h3,10H,1,4-9H2,2H3,(H,13,15). The predicted molar refractivity (Wildman–Crippen MR) is 64.4 cm³/mol. The van der Waals surface area contributed by atoms with Gasteiger partial charge < -0.3 is 15.0 Å². The lowest BCUT2D eigenvalue weighted by atomic mass is 10.1. The predicted octanol–water partition coefficient (Wildman–Crippen LogP) is 0.316. The number of hydrogen-bond donors (Lipinski definition) is 1. The second-order valence-electron chi connectivity index (χ2n) is 3.98. The SMILES string of the molecule is C=CCCOCCN1CC(=O)NC(CC)C1=O. The molecular formula is C12H20N2O3. The maximum Gasteiger partial charge on any atom is 0.245 e. The number of amides is 2.